The second-order valence-electron chi connectivity index (χ2n) is 16.0. The third-order valence-electron chi connectivity index (χ3n) is 12.3. The van der Waals surface area contributed by atoms with Gasteiger partial charge in [-0.2, -0.15) is 0 Å². The van der Waals surface area contributed by atoms with Crippen LogP contribution in [0.15, 0.2) is 247 Å². The molecule has 0 saturated carbocycles. The van der Waals surface area contributed by atoms with Gasteiger partial charge in [0.2, 0.25) is 0 Å². The number of hydrogen-bond donors (Lipinski definition) is 0. The lowest BCUT2D eigenvalue weighted by molar-refractivity contribution is 0.672. The van der Waals surface area contributed by atoms with Gasteiger partial charge in [-0.15, -0.1) is 0 Å². The zero-order chi connectivity index (χ0) is 52.4. The van der Waals surface area contributed by atoms with Gasteiger partial charge in [0.15, 0.2) is 0 Å². The Balaban J connectivity index is 0.951. The number of rotatable bonds is 7. The van der Waals surface area contributed by atoms with E-state index in [-0.39, 0.29) is 16.5 Å². The first-order valence-corrected chi connectivity index (χ1v) is 21.3. The molecule has 13 aromatic rings. The highest BCUT2D eigenvalue weighted by Gasteiger charge is 2.17. The number of benzene rings is 11. The molecule has 304 valence electrons. The molecule has 0 aliphatic carbocycles. The normalized spacial score (nSPS) is 14.1. The van der Waals surface area contributed by atoms with Crippen LogP contribution in [0.2, 0.25) is 0 Å². The summed E-state index contributed by atoms with van der Waals surface area (Å²) in [4.78, 5) is 1.65. The third kappa shape index (κ3) is 6.28. The minimum atomic E-state index is -0.656. The summed E-state index contributed by atoms with van der Waals surface area (Å²) >= 11 is 0. The molecule has 0 radical (unpaired) electrons. The average Bonchev–Trinajstić information content (AvgIpc) is 4.11. The van der Waals surface area contributed by atoms with Crippen molar-refractivity contribution in [3.05, 3.63) is 242 Å². The molecule has 0 amide bonds. The maximum absolute atomic E-state index is 9.65. The number of nitrogens with zero attached hydrogens (tertiary/aromatic N) is 2. The minimum Gasteiger partial charge on any atom is -0.455 e. The molecule has 2 heterocycles. The van der Waals surface area contributed by atoms with Gasteiger partial charge in [-0.3, -0.25) is 0 Å². The SMILES string of the molecule is [2H]c1c([2H])c(N(c2ccc(-c3cccc(-n4c5ccccc5c5ccccc54)c3)cc2)c2ccc(-c3ccc4oc5c6ccccc6ccc5c4c3)cc2)c([2H])c([2H])c1-c1c([2H])c([2H])c2c([2H])c([2H])c([2H])c([2H])c2c1[2H]. The lowest BCUT2D eigenvalue weighted by Crippen LogP contribution is -2.09. The number of aromatic nitrogens is 1. The lowest BCUT2D eigenvalue weighted by Gasteiger charge is -2.26. The molecule has 0 fully saturated rings. The highest BCUT2D eigenvalue weighted by Crippen LogP contribution is 2.41. The molecular weight excluding hydrogens is 789 g/mol. The Hall–Kier alpha value is -8.66. The fourth-order valence-electron chi connectivity index (χ4n) is 9.17. The lowest BCUT2D eigenvalue weighted by atomic mass is 10.00. The topological polar surface area (TPSA) is 21.3 Å². The summed E-state index contributed by atoms with van der Waals surface area (Å²) < 4.78 is 108. The first-order valence-electron chi connectivity index (χ1n) is 26.8. The second kappa shape index (κ2) is 15.0. The first kappa shape index (κ1) is 27.4. The molecule has 0 spiro atoms. The van der Waals surface area contributed by atoms with Gasteiger partial charge in [-0.05, 0) is 134 Å². The van der Waals surface area contributed by atoms with Crippen LogP contribution in [0.3, 0.4) is 0 Å². The summed E-state index contributed by atoms with van der Waals surface area (Å²) in [5.41, 5.74) is 8.39. The van der Waals surface area contributed by atoms with Crippen LogP contribution in [0.25, 0.3) is 104 Å². The van der Waals surface area contributed by atoms with Gasteiger partial charge in [0.1, 0.15) is 11.2 Å². The van der Waals surface area contributed by atoms with Crippen LogP contribution >= 0.6 is 0 Å². The molecule has 0 bridgehead atoms. The van der Waals surface area contributed by atoms with Crippen LogP contribution in [0.1, 0.15) is 15.1 Å². The Bertz CT molecular complexity index is 4520. The molecule has 0 unspecified atom stereocenters. The number of furan rings is 1. The van der Waals surface area contributed by atoms with Crippen LogP contribution in [-0.4, -0.2) is 4.57 Å². The van der Waals surface area contributed by atoms with Crippen molar-refractivity contribution in [3.8, 4) is 39.1 Å². The zero-order valence-electron chi connectivity index (χ0n) is 45.5. The summed E-state index contributed by atoms with van der Waals surface area (Å²) in [6, 6.07) is 52.0. The molecule has 3 heteroatoms. The monoisotopic (exact) mass is 839 g/mol. The third-order valence-corrected chi connectivity index (χ3v) is 12.3. The van der Waals surface area contributed by atoms with Gasteiger partial charge in [0.05, 0.1) is 26.1 Å². The van der Waals surface area contributed by atoms with Crippen molar-refractivity contribution >= 4 is 82.4 Å². The van der Waals surface area contributed by atoms with Crippen molar-refractivity contribution in [2.75, 3.05) is 4.90 Å². The largest absolute Gasteiger partial charge is 0.455 e. The molecule has 2 aromatic heterocycles. The smallest absolute Gasteiger partial charge is 0.143 e. The van der Waals surface area contributed by atoms with Crippen molar-refractivity contribution in [3.63, 3.8) is 0 Å². The predicted molar refractivity (Wildman–Crippen MR) is 274 cm³/mol. The Morgan fingerprint density at radius 1 is 0.369 bits per heavy atom. The van der Waals surface area contributed by atoms with E-state index in [0.717, 1.165) is 82.5 Å². The van der Waals surface area contributed by atoms with E-state index < -0.39 is 77.6 Å². The summed E-state index contributed by atoms with van der Waals surface area (Å²) in [5.74, 6) is 0. The Morgan fingerprint density at radius 3 is 1.71 bits per heavy atom. The molecule has 65 heavy (non-hydrogen) atoms. The second-order valence-corrected chi connectivity index (χ2v) is 16.0. The standard InChI is InChI=1S/C62H40N2O/c1-2-12-46-38-48(21-20-41(46)10-1)43-24-32-51(33-25-43)63(52-34-26-44(27-35-52)49-29-37-61-58(40-49)57-36-28-45-11-3-4-15-54(45)62(57)65-61)50-30-22-42(23-31-50)47-13-9-14-53(39-47)64-59-18-7-5-16-55(59)56-17-6-8-19-60(56)64/h1-40H/i1D,2D,10D,12D,20D,21D,24D,25D,32D,33D,38D. The van der Waals surface area contributed by atoms with Crippen molar-refractivity contribution < 1.29 is 19.5 Å². The summed E-state index contributed by atoms with van der Waals surface area (Å²) in [6.07, 6.45) is 0. The van der Waals surface area contributed by atoms with Gasteiger partial charge in [0.25, 0.3) is 0 Å². The van der Waals surface area contributed by atoms with E-state index in [1.54, 1.807) is 4.90 Å². The van der Waals surface area contributed by atoms with E-state index in [1.807, 2.05) is 109 Å². The van der Waals surface area contributed by atoms with E-state index >= 15 is 0 Å². The molecule has 13 rings (SSSR count). The van der Waals surface area contributed by atoms with Crippen LogP contribution in [0.4, 0.5) is 17.1 Å². The molecule has 0 aliphatic rings. The van der Waals surface area contributed by atoms with E-state index in [4.69, 9.17) is 12.6 Å². The molecule has 0 saturated heterocycles. The van der Waals surface area contributed by atoms with Crippen molar-refractivity contribution in [1.82, 2.24) is 4.57 Å². The maximum atomic E-state index is 9.65. The van der Waals surface area contributed by atoms with Gasteiger partial charge >= 0.3 is 0 Å². The molecule has 0 N–H and O–H groups in total. The molecular formula is C62H40N2O. The summed E-state index contributed by atoms with van der Waals surface area (Å²) in [5, 5.41) is 5.69. The number of fused-ring (bicyclic) bond motifs is 9. The van der Waals surface area contributed by atoms with Gasteiger partial charge in [0, 0.05) is 49.7 Å². The van der Waals surface area contributed by atoms with Crippen LogP contribution < -0.4 is 4.90 Å². The summed E-state index contributed by atoms with van der Waals surface area (Å²) in [6.45, 7) is 0. The fourth-order valence-corrected chi connectivity index (χ4v) is 9.17. The summed E-state index contributed by atoms with van der Waals surface area (Å²) in [7, 11) is 0. The first-order chi connectivity index (χ1) is 36.8. The average molecular weight is 840 g/mol. The quantitative estimate of drug-likeness (QED) is 0.159. The Kier molecular flexibility index (Phi) is 6.33. The maximum Gasteiger partial charge on any atom is 0.143 e. The molecule has 0 aliphatic heterocycles. The Labute approximate surface area is 391 Å². The van der Waals surface area contributed by atoms with E-state index in [2.05, 4.69) is 71.3 Å². The van der Waals surface area contributed by atoms with Crippen LogP contribution in [-0.2, 0) is 0 Å². The predicted octanol–water partition coefficient (Wildman–Crippen LogP) is 17.5. The highest BCUT2D eigenvalue weighted by atomic mass is 16.3. The fraction of sp³-hybridized carbons (Fsp3) is 0. The highest BCUT2D eigenvalue weighted by molar-refractivity contribution is 6.15. The zero-order valence-corrected chi connectivity index (χ0v) is 34.5. The van der Waals surface area contributed by atoms with Crippen molar-refractivity contribution in [1.29, 1.82) is 0 Å². The van der Waals surface area contributed by atoms with Gasteiger partial charge in [-0.25, -0.2) is 0 Å². The molecule has 3 nitrogen and oxygen atoms in total. The molecule has 11 aromatic carbocycles. The minimum absolute atomic E-state index is 0.113. The van der Waals surface area contributed by atoms with Crippen molar-refractivity contribution in [2.45, 2.75) is 0 Å². The van der Waals surface area contributed by atoms with Gasteiger partial charge < -0.3 is 13.9 Å². The van der Waals surface area contributed by atoms with Crippen LogP contribution in [0, 0.1) is 0 Å². The number of anilines is 3. The van der Waals surface area contributed by atoms with Crippen molar-refractivity contribution in [2.24, 2.45) is 0 Å². The number of para-hydroxylation sites is 2. The van der Waals surface area contributed by atoms with Crippen LogP contribution in [0.5, 0.6) is 0 Å². The van der Waals surface area contributed by atoms with E-state index in [9.17, 15) is 6.85 Å². The molecule has 0 atom stereocenters. The van der Waals surface area contributed by atoms with E-state index in [0.29, 0.717) is 11.4 Å². The van der Waals surface area contributed by atoms with Gasteiger partial charge in [-0.1, -0.05) is 158 Å². The Morgan fingerprint density at radius 2 is 0.985 bits per heavy atom. The van der Waals surface area contributed by atoms with E-state index in [1.165, 1.54) is 0 Å². The number of hydrogen-bond acceptors (Lipinski definition) is 2.